The highest BCUT2D eigenvalue weighted by atomic mass is 35.5. The van der Waals surface area contributed by atoms with Crippen LogP contribution in [0, 0.1) is 0 Å². The van der Waals surface area contributed by atoms with Gasteiger partial charge >= 0.3 is 0 Å². The van der Waals surface area contributed by atoms with E-state index < -0.39 is 0 Å². The number of hydrogen-bond donors (Lipinski definition) is 2. The summed E-state index contributed by atoms with van der Waals surface area (Å²) in [5.41, 5.74) is 5.68. The Labute approximate surface area is 106 Å². The third kappa shape index (κ3) is 2.07. The zero-order chi connectivity index (χ0) is 11.7. The first kappa shape index (κ1) is 11.1. The molecule has 3 rings (SSSR count). The van der Waals surface area contributed by atoms with E-state index in [1.165, 1.54) is 47.8 Å². The van der Waals surface area contributed by atoms with Crippen LogP contribution in [0.2, 0.25) is 0 Å². The summed E-state index contributed by atoms with van der Waals surface area (Å²) in [7, 11) is 0. The smallest absolute Gasteiger partial charge is 0.152 e. The van der Waals surface area contributed by atoms with Crippen molar-refractivity contribution < 1.29 is 5.32 Å². The van der Waals surface area contributed by atoms with Crippen molar-refractivity contribution in [2.75, 3.05) is 6.00 Å². The predicted octanol–water partition coefficient (Wildman–Crippen LogP) is 2.31. The standard InChI is InChI=1S/C14H17ClN2/c15-9-16-8-10-5-6-14-12(7-10)11-3-1-2-4-13(11)17-14/h5-7,16-17H,1-4,8-9H2/p+1. The third-order valence-corrected chi connectivity index (χ3v) is 3.87. The lowest BCUT2D eigenvalue weighted by Crippen LogP contribution is -2.81. The third-order valence-electron chi connectivity index (χ3n) is 3.65. The molecule has 0 unspecified atom stereocenters. The first-order chi connectivity index (χ1) is 8.38. The van der Waals surface area contributed by atoms with Gasteiger partial charge in [0.2, 0.25) is 0 Å². The molecule has 1 aliphatic rings. The summed E-state index contributed by atoms with van der Waals surface area (Å²) in [6.07, 6.45) is 5.11. The number of quaternary nitrogens is 1. The predicted molar refractivity (Wildman–Crippen MR) is 71.3 cm³/mol. The number of nitrogens with two attached hydrogens (primary N) is 1. The van der Waals surface area contributed by atoms with E-state index >= 15 is 0 Å². The maximum atomic E-state index is 5.70. The van der Waals surface area contributed by atoms with Gasteiger partial charge in [0.15, 0.2) is 6.00 Å². The summed E-state index contributed by atoms with van der Waals surface area (Å²) in [4.78, 5) is 3.56. The van der Waals surface area contributed by atoms with Crippen LogP contribution < -0.4 is 5.32 Å². The molecule has 1 aliphatic carbocycles. The number of aryl methyl sites for hydroxylation is 2. The molecular weight excluding hydrogens is 232 g/mol. The van der Waals surface area contributed by atoms with Gasteiger partial charge < -0.3 is 10.3 Å². The molecule has 0 spiro atoms. The molecule has 17 heavy (non-hydrogen) atoms. The topological polar surface area (TPSA) is 32.4 Å². The van der Waals surface area contributed by atoms with Gasteiger partial charge in [0.1, 0.15) is 6.54 Å². The van der Waals surface area contributed by atoms with Gasteiger partial charge in [-0.15, -0.1) is 0 Å². The van der Waals surface area contributed by atoms with E-state index in [1.807, 2.05) is 0 Å². The van der Waals surface area contributed by atoms with Crippen molar-refractivity contribution in [2.24, 2.45) is 0 Å². The molecule has 1 aromatic heterocycles. The summed E-state index contributed by atoms with van der Waals surface area (Å²) < 4.78 is 0. The fourth-order valence-corrected chi connectivity index (χ4v) is 2.91. The highest BCUT2D eigenvalue weighted by molar-refractivity contribution is 6.16. The zero-order valence-corrected chi connectivity index (χ0v) is 10.7. The molecule has 1 aromatic carbocycles. The summed E-state index contributed by atoms with van der Waals surface area (Å²) in [5, 5.41) is 3.54. The Balaban J connectivity index is 2.02. The maximum Gasteiger partial charge on any atom is 0.152 e. The van der Waals surface area contributed by atoms with Crippen molar-refractivity contribution in [1.29, 1.82) is 0 Å². The van der Waals surface area contributed by atoms with Gasteiger partial charge in [-0.1, -0.05) is 17.7 Å². The number of H-pyrrole nitrogens is 1. The number of rotatable bonds is 3. The quantitative estimate of drug-likeness (QED) is 0.618. The lowest BCUT2D eigenvalue weighted by molar-refractivity contribution is -0.654. The largest absolute Gasteiger partial charge is 0.358 e. The Hall–Kier alpha value is -0.990. The number of fused-ring (bicyclic) bond motifs is 3. The van der Waals surface area contributed by atoms with Crippen molar-refractivity contribution in [1.82, 2.24) is 4.98 Å². The number of benzene rings is 1. The van der Waals surface area contributed by atoms with Crippen LogP contribution in [0.15, 0.2) is 18.2 Å². The van der Waals surface area contributed by atoms with Crippen molar-refractivity contribution >= 4 is 22.5 Å². The summed E-state index contributed by atoms with van der Waals surface area (Å²) in [6.45, 7) is 0.972. The minimum absolute atomic E-state index is 0.628. The molecular formula is C14H18ClN2+. The molecule has 2 nitrogen and oxygen atoms in total. The van der Waals surface area contributed by atoms with Gasteiger partial charge in [-0.25, -0.2) is 0 Å². The highest BCUT2D eigenvalue weighted by Crippen LogP contribution is 2.29. The molecule has 0 bridgehead atoms. The SMILES string of the molecule is ClC[NH2+]Cc1ccc2[nH]c3c(c2c1)CCCC3. The molecule has 0 radical (unpaired) electrons. The molecule has 0 saturated carbocycles. The summed E-state index contributed by atoms with van der Waals surface area (Å²) in [5.74, 6) is 0. The average Bonchev–Trinajstić information content (AvgIpc) is 2.74. The lowest BCUT2D eigenvalue weighted by atomic mass is 9.95. The van der Waals surface area contributed by atoms with Gasteiger partial charge in [-0.2, -0.15) is 0 Å². The lowest BCUT2D eigenvalue weighted by Gasteiger charge is -2.10. The van der Waals surface area contributed by atoms with Gasteiger partial charge in [0.05, 0.1) is 0 Å². The first-order valence-corrected chi connectivity index (χ1v) is 6.92. The van der Waals surface area contributed by atoms with E-state index in [-0.39, 0.29) is 0 Å². The molecule has 0 fully saturated rings. The second-order valence-electron chi connectivity index (χ2n) is 4.82. The number of alkyl halides is 1. The molecule has 3 N–H and O–H groups in total. The van der Waals surface area contributed by atoms with Crippen molar-refractivity contribution in [3.8, 4) is 0 Å². The Morgan fingerprint density at radius 2 is 2.12 bits per heavy atom. The molecule has 1 heterocycles. The summed E-state index contributed by atoms with van der Waals surface area (Å²) >= 11 is 5.70. The van der Waals surface area contributed by atoms with Gasteiger partial charge in [-0.05, 0) is 43.4 Å². The van der Waals surface area contributed by atoms with E-state index in [1.54, 1.807) is 5.56 Å². The highest BCUT2D eigenvalue weighted by Gasteiger charge is 2.15. The van der Waals surface area contributed by atoms with E-state index in [0.29, 0.717) is 6.00 Å². The Morgan fingerprint density at radius 1 is 1.24 bits per heavy atom. The van der Waals surface area contributed by atoms with E-state index in [0.717, 1.165) is 6.54 Å². The minimum Gasteiger partial charge on any atom is -0.358 e. The second-order valence-corrected chi connectivity index (χ2v) is 5.12. The number of nitrogens with one attached hydrogen (secondary N) is 1. The van der Waals surface area contributed by atoms with Crippen LogP contribution in [0.25, 0.3) is 10.9 Å². The van der Waals surface area contributed by atoms with E-state index in [2.05, 4.69) is 28.5 Å². The monoisotopic (exact) mass is 249 g/mol. The Kier molecular flexibility index (Phi) is 3.08. The maximum absolute atomic E-state index is 5.70. The van der Waals surface area contributed by atoms with Crippen LogP contribution in [0.3, 0.4) is 0 Å². The molecule has 0 amide bonds. The van der Waals surface area contributed by atoms with Crippen LogP contribution in [-0.2, 0) is 19.4 Å². The molecule has 2 aromatic rings. The van der Waals surface area contributed by atoms with Crippen LogP contribution in [0.5, 0.6) is 0 Å². The summed E-state index contributed by atoms with van der Waals surface area (Å²) in [6, 6.07) is 7.38. The fourth-order valence-electron chi connectivity index (χ4n) is 2.80. The van der Waals surface area contributed by atoms with Gasteiger partial charge in [0.25, 0.3) is 0 Å². The molecule has 0 atom stereocenters. The number of halogens is 1. The normalized spacial score (nSPS) is 15.1. The van der Waals surface area contributed by atoms with Crippen LogP contribution in [0.4, 0.5) is 0 Å². The van der Waals surface area contributed by atoms with Crippen LogP contribution in [-0.4, -0.2) is 11.0 Å². The molecule has 0 aliphatic heterocycles. The van der Waals surface area contributed by atoms with E-state index in [4.69, 9.17) is 11.6 Å². The van der Waals surface area contributed by atoms with Gasteiger partial charge in [0, 0.05) is 22.2 Å². The van der Waals surface area contributed by atoms with Crippen molar-refractivity contribution in [3.05, 3.63) is 35.0 Å². The number of aromatic nitrogens is 1. The van der Waals surface area contributed by atoms with Gasteiger partial charge in [-0.3, -0.25) is 0 Å². The fraction of sp³-hybridized carbons (Fsp3) is 0.429. The molecule has 3 heteroatoms. The number of hydrogen-bond acceptors (Lipinski definition) is 0. The van der Waals surface area contributed by atoms with Crippen LogP contribution >= 0.6 is 11.6 Å². The first-order valence-electron chi connectivity index (χ1n) is 6.38. The molecule has 0 saturated heterocycles. The Morgan fingerprint density at radius 3 is 3.00 bits per heavy atom. The molecule has 90 valence electrons. The Bertz CT molecular complexity index is 530. The minimum atomic E-state index is 0.628. The number of aromatic amines is 1. The van der Waals surface area contributed by atoms with Crippen molar-refractivity contribution in [2.45, 2.75) is 32.2 Å². The van der Waals surface area contributed by atoms with Crippen LogP contribution in [0.1, 0.15) is 29.7 Å². The second kappa shape index (κ2) is 4.71. The van der Waals surface area contributed by atoms with Crippen molar-refractivity contribution in [3.63, 3.8) is 0 Å². The average molecular weight is 250 g/mol. The zero-order valence-electron chi connectivity index (χ0n) is 9.93. The van der Waals surface area contributed by atoms with E-state index in [9.17, 15) is 0 Å².